The Labute approximate surface area is 129 Å². The fraction of sp³-hybridized carbons (Fsp3) is 0.944. The highest BCUT2D eigenvalue weighted by molar-refractivity contribution is 5.81. The molecular formula is C18H32O3. The molecule has 122 valence electrons. The Balaban J connectivity index is 1.83. The summed E-state index contributed by atoms with van der Waals surface area (Å²) in [6.45, 7) is 11.0. The summed E-state index contributed by atoms with van der Waals surface area (Å²) in [4.78, 5) is 12.6. The molecule has 0 aromatic rings. The van der Waals surface area contributed by atoms with Crippen molar-refractivity contribution < 1.29 is 14.3 Å². The van der Waals surface area contributed by atoms with Gasteiger partial charge >= 0.3 is 5.97 Å². The molecule has 3 nitrogen and oxygen atoms in total. The van der Waals surface area contributed by atoms with Crippen molar-refractivity contribution in [1.82, 2.24) is 0 Å². The number of rotatable bonds is 5. The predicted octanol–water partition coefficient (Wildman–Crippen LogP) is 4.69. The molecule has 0 N–H and O–H groups in total. The van der Waals surface area contributed by atoms with Crippen molar-refractivity contribution in [2.75, 3.05) is 6.79 Å². The SMILES string of the molecule is CC(C)(C)CC1(C(=O)OCOC2CCCCC2)CC1(C)C. The second kappa shape index (κ2) is 5.91. The summed E-state index contributed by atoms with van der Waals surface area (Å²) in [6.07, 6.45) is 8.10. The van der Waals surface area contributed by atoms with Crippen LogP contribution in [0.2, 0.25) is 0 Å². The fourth-order valence-electron chi connectivity index (χ4n) is 3.89. The van der Waals surface area contributed by atoms with Crippen LogP contribution >= 0.6 is 0 Å². The molecule has 2 rings (SSSR count). The lowest BCUT2D eigenvalue weighted by Crippen LogP contribution is -2.30. The molecule has 0 heterocycles. The molecule has 0 aliphatic heterocycles. The predicted molar refractivity (Wildman–Crippen MR) is 83.8 cm³/mol. The number of ether oxygens (including phenoxy) is 2. The average Bonchev–Trinajstić information content (AvgIpc) is 2.91. The van der Waals surface area contributed by atoms with E-state index >= 15 is 0 Å². The van der Waals surface area contributed by atoms with Gasteiger partial charge in [-0.05, 0) is 36.5 Å². The van der Waals surface area contributed by atoms with Crippen LogP contribution in [-0.4, -0.2) is 18.9 Å². The zero-order valence-electron chi connectivity index (χ0n) is 14.5. The molecule has 0 radical (unpaired) electrons. The number of carbonyl (C=O) groups is 1. The van der Waals surface area contributed by atoms with E-state index in [1.807, 2.05) is 0 Å². The van der Waals surface area contributed by atoms with E-state index in [-0.39, 0.29) is 35.1 Å². The molecule has 2 aliphatic carbocycles. The first kappa shape index (κ1) is 16.8. The monoisotopic (exact) mass is 296 g/mol. The van der Waals surface area contributed by atoms with Gasteiger partial charge in [0.1, 0.15) is 0 Å². The van der Waals surface area contributed by atoms with Crippen molar-refractivity contribution in [3.63, 3.8) is 0 Å². The second-order valence-electron chi connectivity index (χ2n) is 8.86. The number of carbonyl (C=O) groups excluding carboxylic acids is 1. The van der Waals surface area contributed by atoms with Crippen LogP contribution in [0.3, 0.4) is 0 Å². The highest BCUT2D eigenvalue weighted by atomic mass is 16.7. The standard InChI is InChI=1S/C18H32O3/c1-16(2,3)11-18(12-17(18,4)5)15(19)21-13-20-14-9-7-6-8-10-14/h14H,6-13H2,1-5H3. The van der Waals surface area contributed by atoms with Crippen molar-refractivity contribution in [3.8, 4) is 0 Å². The van der Waals surface area contributed by atoms with E-state index < -0.39 is 0 Å². The van der Waals surface area contributed by atoms with Gasteiger partial charge in [-0.25, -0.2) is 0 Å². The largest absolute Gasteiger partial charge is 0.438 e. The quantitative estimate of drug-likeness (QED) is 0.545. The number of hydrogen-bond donors (Lipinski definition) is 0. The maximum Gasteiger partial charge on any atom is 0.314 e. The van der Waals surface area contributed by atoms with Gasteiger partial charge in [0.05, 0.1) is 11.5 Å². The van der Waals surface area contributed by atoms with Gasteiger partial charge in [-0.15, -0.1) is 0 Å². The molecule has 21 heavy (non-hydrogen) atoms. The molecule has 0 spiro atoms. The number of esters is 1. The normalized spacial score (nSPS) is 29.2. The van der Waals surface area contributed by atoms with E-state index in [2.05, 4.69) is 34.6 Å². The van der Waals surface area contributed by atoms with E-state index in [1.165, 1.54) is 19.3 Å². The van der Waals surface area contributed by atoms with Crippen molar-refractivity contribution in [2.24, 2.45) is 16.2 Å². The van der Waals surface area contributed by atoms with Crippen LogP contribution in [0.15, 0.2) is 0 Å². The van der Waals surface area contributed by atoms with Crippen LogP contribution in [0.25, 0.3) is 0 Å². The van der Waals surface area contributed by atoms with Gasteiger partial charge in [0.2, 0.25) is 0 Å². The summed E-state index contributed by atoms with van der Waals surface area (Å²) < 4.78 is 11.2. The van der Waals surface area contributed by atoms with Gasteiger partial charge in [0.25, 0.3) is 0 Å². The minimum Gasteiger partial charge on any atom is -0.438 e. The lowest BCUT2D eigenvalue weighted by atomic mass is 9.79. The maximum atomic E-state index is 12.6. The molecule has 0 aromatic heterocycles. The van der Waals surface area contributed by atoms with Crippen molar-refractivity contribution >= 4 is 5.97 Å². The first-order valence-electron chi connectivity index (χ1n) is 8.45. The van der Waals surface area contributed by atoms with Gasteiger partial charge < -0.3 is 9.47 Å². The third-order valence-corrected chi connectivity index (χ3v) is 5.18. The van der Waals surface area contributed by atoms with Crippen molar-refractivity contribution in [2.45, 2.75) is 85.7 Å². The second-order valence-corrected chi connectivity index (χ2v) is 8.86. The van der Waals surface area contributed by atoms with E-state index in [0.717, 1.165) is 25.7 Å². The first-order valence-corrected chi connectivity index (χ1v) is 8.45. The van der Waals surface area contributed by atoms with Crippen LogP contribution in [-0.2, 0) is 14.3 Å². The van der Waals surface area contributed by atoms with Gasteiger partial charge in [-0.1, -0.05) is 53.9 Å². The summed E-state index contributed by atoms with van der Waals surface area (Å²) >= 11 is 0. The molecule has 3 heteroatoms. The van der Waals surface area contributed by atoms with Crippen LogP contribution in [0.4, 0.5) is 0 Å². The number of hydrogen-bond acceptors (Lipinski definition) is 3. The summed E-state index contributed by atoms with van der Waals surface area (Å²) in [7, 11) is 0. The Bertz CT molecular complexity index is 374. The molecule has 1 atom stereocenters. The van der Waals surface area contributed by atoms with Gasteiger partial charge in [0.15, 0.2) is 6.79 Å². The van der Waals surface area contributed by atoms with Crippen molar-refractivity contribution in [3.05, 3.63) is 0 Å². The highest BCUT2D eigenvalue weighted by Gasteiger charge is 2.67. The molecule has 2 saturated carbocycles. The Hall–Kier alpha value is -0.570. The molecule has 2 fully saturated rings. The van der Waals surface area contributed by atoms with E-state index in [0.29, 0.717) is 0 Å². The van der Waals surface area contributed by atoms with E-state index in [1.54, 1.807) is 0 Å². The zero-order chi connectivity index (χ0) is 15.7. The first-order chi connectivity index (χ1) is 9.66. The molecular weight excluding hydrogens is 264 g/mol. The van der Waals surface area contributed by atoms with E-state index in [4.69, 9.17) is 9.47 Å². The molecule has 0 aromatic carbocycles. The van der Waals surface area contributed by atoms with Crippen LogP contribution in [0.5, 0.6) is 0 Å². The third-order valence-electron chi connectivity index (χ3n) is 5.18. The van der Waals surface area contributed by atoms with Gasteiger partial charge in [-0.3, -0.25) is 4.79 Å². The van der Waals surface area contributed by atoms with Crippen LogP contribution in [0, 0.1) is 16.2 Å². The minimum absolute atomic E-state index is 0.0572. The highest BCUT2D eigenvalue weighted by Crippen LogP contribution is 2.68. The van der Waals surface area contributed by atoms with E-state index in [9.17, 15) is 4.79 Å². The third kappa shape index (κ3) is 4.00. The summed E-state index contributed by atoms with van der Waals surface area (Å²) in [6, 6.07) is 0. The Morgan fingerprint density at radius 1 is 1.14 bits per heavy atom. The fourth-order valence-corrected chi connectivity index (χ4v) is 3.89. The average molecular weight is 296 g/mol. The summed E-state index contributed by atoms with van der Waals surface area (Å²) in [5.74, 6) is -0.0572. The van der Waals surface area contributed by atoms with Crippen LogP contribution in [0.1, 0.15) is 79.6 Å². The zero-order valence-corrected chi connectivity index (χ0v) is 14.5. The molecule has 0 amide bonds. The molecule has 2 aliphatic rings. The Morgan fingerprint density at radius 2 is 1.71 bits per heavy atom. The maximum absolute atomic E-state index is 12.6. The molecule has 1 unspecified atom stereocenters. The summed E-state index contributed by atoms with van der Waals surface area (Å²) in [5.41, 5.74) is -0.111. The Morgan fingerprint density at radius 3 is 2.19 bits per heavy atom. The van der Waals surface area contributed by atoms with Crippen molar-refractivity contribution in [1.29, 1.82) is 0 Å². The lowest BCUT2D eigenvalue weighted by molar-refractivity contribution is -0.171. The van der Waals surface area contributed by atoms with Crippen LogP contribution < -0.4 is 0 Å². The minimum atomic E-state index is -0.304. The smallest absolute Gasteiger partial charge is 0.314 e. The lowest BCUT2D eigenvalue weighted by Gasteiger charge is -2.28. The summed E-state index contributed by atoms with van der Waals surface area (Å²) in [5, 5.41) is 0. The molecule has 0 bridgehead atoms. The molecule has 0 saturated heterocycles. The topological polar surface area (TPSA) is 35.5 Å². The van der Waals surface area contributed by atoms with Gasteiger partial charge in [0, 0.05) is 0 Å². The Kier molecular flexibility index (Phi) is 4.72. The van der Waals surface area contributed by atoms with Gasteiger partial charge in [-0.2, -0.15) is 0 Å².